The summed E-state index contributed by atoms with van der Waals surface area (Å²) in [7, 11) is -1.98. The highest BCUT2D eigenvalue weighted by molar-refractivity contribution is 6.89. The summed E-state index contributed by atoms with van der Waals surface area (Å²) in [6.45, 7) is 7.82. The molecule has 1 aromatic carbocycles. The first-order valence-corrected chi connectivity index (χ1v) is 9.40. The summed E-state index contributed by atoms with van der Waals surface area (Å²) < 4.78 is 4.78. The van der Waals surface area contributed by atoms with Crippen LogP contribution in [0.2, 0.25) is 19.6 Å². The van der Waals surface area contributed by atoms with Crippen molar-refractivity contribution in [2.45, 2.75) is 33.0 Å². The molecule has 0 fully saturated rings. The topological polar surface area (TPSA) is 89.7 Å². The highest BCUT2D eigenvalue weighted by atomic mass is 28.3. The van der Waals surface area contributed by atoms with Gasteiger partial charge in [0.05, 0.1) is 13.0 Å². The molecule has 19 heavy (non-hydrogen) atoms. The summed E-state index contributed by atoms with van der Waals surface area (Å²) in [5, 5.41) is 20.5. The molecule has 6 nitrogen and oxygen atoms in total. The third kappa shape index (κ3) is 3.31. The van der Waals surface area contributed by atoms with E-state index >= 15 is 0 Å². The molecule has 0 spiro atoms. The molecule has 0 aliphatic carbocycles. The predicted octanol–water partition coefficient (Wildman–Crippen LogP) is 2.76. The van der Waals surface area contributed by atoms with Crippen LogP contribution in [-0.2, 0) is 6.42 Å². The second-order valence-electron chi connectivity index (χ2n) is 5.17. The average molecular weight is 283 g/mol. The largest absolute Gasteiger partial charge is 0.511 e. The van der Waals surface area contributed by atoms with Crippen LogP contribution in [0.4, 0.5) is 10.5 Å². The Kier molecular flexibility index (Phi) is 4.30. The average Bonchev–Trinajstić information content (AvgIpc) is 2.25. The van der Waals surface area contributed by atoms with Gasteiger partial charge in [0, 0.05) is 11.6 Å². The summed E-state index contributed by atoms with van der Waals surface area (Å²) in [5.74, 6) is 0.217. The van der Waals surface area contributed by atoms with Gasteiger partial charge in [0.15, 0.2) is 0 Å². The molecule has 0 heterocycles. The summed E-state index contributed by atoms with van der Waals surface area (Å²) >= 11 is 0. The van der Waals surface area contributed by atoms with Crippen LogP contribution in [0.25, 0.3) is 0 Å². The number of carbonyl (C=O) groups is 1. The molecule has 0 bridgehead atoms. The molecule has 104 valence electrons. The Morgan fingerprint density at radius 3 is 2.37 bits per heavy atom. The Morgan fingerprint density at radius 1 is 1.42 bits per heavy atom. The fourth-order valence-electron chi connectivity index (χ4n) is 2.15. The zero-order chi connectivity index (χ0) is 14.8. The molecule has 0 saturated carbocycles. The molecule has 0 atom stereocenters. The van der Waals surface area contributed by atoms with E-state index in [1.165, 1.54) is 12.1 Å². The van der Waals surface area contributed by atoms with E-state index in [2.05, 4.69) is 0 Å². The van der Waals surface area contributed by atoms with Crippen molar-refractivity contribution in [3.63, 3.8) is 0 Å². The van der Waals surface area contributed by atoms with Gasteiger partial charge in [-0.2, -0.15) is 0 Å². The lowest BCUT2D eigenvalue weighted by Crippen LogP contribution is -2.42. The molecule has 0 amide bonds. The van der Waals surface area contributed by atoms with Gasteiger partial charge in [-0.05, 0) is 17.7 Å². The van der Waals surface area contributed by atoms with E-state index < -0.39 is 19.2 Å². The maximum absolute atomic E-state index is 11.1. The first kappa shape index (κ1) is 15.2. The number of carboxylic acid groups (broad SMARTS) is 1. The number of hydrogen-bond donors (Lipinski definition) is 1. The van der Waals surface area contributed by atoms with Crippen LogP contribution >= 0.6 is 0 Å². The second kappa shape index (κ2) is 5.39. The highest BCUT2D eigenvalue weighted by Gasteiger charge is 2.30. The lowest BCUT2D eigenvalue weighted by molar-refractivity contribution is -0.385. The van der Waals surface area contributed by atoms with Crippen molar-refractivity contribution >= 4 is 25.1 Å². The molecular formula is C12H17NO5Si. The number of rotatable bonds is 4. The van der Waals surface area contributed by atoms with Crippen molar-refractivity contribution in [1.82, 2.24) is 0 Å². The molecule has 1 aromatic rings. The van der Waals surface area contributed by atoms with Crippen LogP contribution in [0.3, 0.4) is 0 Å². The maximum Gasteiger partial charge on any atom is 0.511 e. The van der Waals surface area contributed by atoms with E-state index in [0.717, 1.165) is 0 Å². The Morgan fingerprint density at radius 2 is 2.00 bits per heavy atom. The smallest absolute Gasteiger partial charge is 0.449 e. The number of nitro benzene ring substituents is 1. The van der Waals surface area contributed by atoms with Gasteiger partial charge in [-0.1, -0.05) is 26.6 Å². The van der Waals surface area contributed by atoms with Gasteiger partial charge in [-0.25, -0.2) is 4.79 Å². The van der Waals surface area contributed by atoms with Gasteiger partial charge in [-0.3, -0.25) is 10.1 Å². The minimum Gasteiger partial charge on any atom is -0.449 e. The molecule has 0 saturated heterocycles. The Bertz CT molecular complexity index is 522. The number of nitro groups is 1. The third-order valence-electron chi connectivity index (χ3n) is 2.75. The summed E-state index contributed by atoms with van der Waals surface area (Å²) in [6, 6.07) is 2.68. The molecule has 0 aliphatic heterocycles. The van der Waals surface area contributed by atoms with Gasteiger partial charge in [-0.15, -0.1) is 0 Å². The molecule has 7 heteroatoms. The minimum atomic E-state index is -1.98. The van der Waals surface area contributed by atoms with Gasteiger partial charge in [0.25, 0.3) is 5.69 Å². The fourth-order valence-corrected chi connectivity index (χ4v) is 4.23. The van der Waals surface area contributed by atoms with E-state index in [1.807, 2.05) is 26.6 Å². The van der Waals surface area contributed by atoms with Crippen molar-refractivity contribution in [1.29, 1.82) is 0 Å². The van der Waals surface area contributed by atoms with Gasteiger partial charge in [0.2, 0.25) is 0 Å². The van der Waals surface area contributed by atoms with E-state index in [-0.39, 0.29) is 11.4 Å². The Labute approximate surface area is 112 Å². The predicted molar refractivity (Wildman–Crippen MR) is 74.1 cm³/mol. The van der Waals surface area contributed by atoms with Crippen molar-refractivity contribution in [2.24, 2.45) is 0 Å². The molecular weight excluding hydrogens is 266 g/mol. The zero-order valence-corrected chi connectivity index (χ0v) is 12.4. The van der Waals surface area contributed by atoms with Crippen molar-refractivity contribution in [2.75, 3.05) is 0 Å². The standard InChI is InChI=1S/C12H17NO5Si/c1-5-8-9(13(16)17)6-7-10(18-12(14)15)11(8)19(2,3)4/h6-7H,5H2,1-4H3,(H,14,15). The molecule has 0 aromatic heterocycles. The summed E-state index contributed by atoms with van der Waals surface area (Å²) in [6.07, 6.45) is -0.942. The van der Waals surface area contributed by atoms with Crippen molar-refractivity contribution < 1.29 is 19.6 Å². The summed E-state index contributed by atoms with van der Waals surface area (Å²) in [4.78, 5) is 21.3. The Hall–Kier alpha value is -1.89. The van der Waals surface area contributed by atoms with E-state index in [0.29, 0.717) is 17.2 Å². The molecule has 0 radical (unpaired) electrons. The molecule has 0 unspecified atom stereocenters. The SMILES string of the molecule is CCc1c([N+](=O)[O-])ccc(OC(=O)O)c1[Si](C)(C)C. The molecule has 1 N–H and O–H groups in total. The quantitative estimate of drug-likeness (QED) is 0.302. The third-order valence-corrected chi connectivity index (χ3v) is 4.80. The van der Waals surface area contributed by atoms with Crippen LogP contribution in [0.1, 0.15) is 12.5 Å². The zero-order valence-electron chi connectivity index (χ0n) is 11.4. The van der Waals surface area contributed by atoms with E-state index in [9.17, 15) is 14.9 Å². The van der Waals surface area contributed by atoms with Crippen LogP contribution < -0.4 is 9.92 Å². The lowest BCUT2D eigenvalue weighted by atomic mass is 10.1. The van der Waals surface area contributed by atoms with Crippen LogP contribution in [0, 0.1) is 10.1 Å². The monoisotopic (exact) mass is 283 g/mol. The van der Waals surface area contributed by atoms with Crippen LogP contribution in [0.15, 0.2) is 12.1 Å². The number of ether oxygens (including phenoxy) is 1. The fraction of sp³-hybridized carbons (Fsp3) is 0.417. The number of benzene rings is 1. The van der Waals surface area contributed by atoms with Crippen molar-refractivity contribution in [3.05, 3.63) is 27.8 Å². The van der Waals surface area contributed by atoms with E-state index in [1.54, 1.807) is 0 Å². The van der Waals surface area contributed by atoms with Crippen LogP contribution in [0.5, 0.6) is 5.75 Å². The van der Waals surface area contributed by atoms with Crippen LogP contribution in [-0.4, -0.2) is 24.3 Å². The highest BCUT2D eigenvalue weighted by Crippen LogP contribution is 2.26. The van der Waals surface area contributed by atoms with Gasteiger partial charge < -0.3 is 9.84 Å². The first-order valence-electron chi connectivity index (χ1n) is 5.90. The summed E-state index contributed by atoms with van der Waals surface area (Å²) in [5.41, 5.74) is 0.598. The number of hydrogen-bond acceptors (Lipinski definition) is 4. The lowest BCUT2D eigenvalue weighted by Gasteiger charge is -2.23. The van der Waals surface area contributed by atoms with Gasteiger partial charge >= 0.3 is 6.16 Å². The second-order valence-corrected chi connectivity index (χ2v) is 10.2. The number of nitrogens with zero attached hydrogens (tertiary/aromatic N) is 1. The molecule has 1 rings (SSSR count). The van der Waals surface area contributed by atoms with E-state index in [4.69, 9.17) is 9.84 Å². The van der Waals surface area contributed by atoms with Crippen molar-refractivity contribution in [3.8, 4) is 5.75 Å². The maximum atomic E-state index is 11.1. The molecule has 0 aliphatic rings. The van der Waals surface area contributed by atoms with Gasteiger partial charge in [0.1, 0.15) is 5.75 Å². The first-order chi connectivity index (χ1) is 8.68. The minimum absolute atomic E-state index is 0.0256. The Balaban J connectivity index is 3.60. The normalized spacial score (nSPS) is 11.2.